The molecule has 106 valence electrons. The van der Waals surface area contributed by atoms with E-state index >= 15 is 0 Å². The SMILES string of the molecule is CC1CCC(S(=O)(=O)c2ccc(Br)cc2N)CC1C. The molecule has 0 spiro atoms. The Labute approximate surface area is 123 Å². The Morgan fingerprint density at radius 1 is 1.21 bits per heavy atom. The fourth-order valence-electron chi connectivity index (χ4n) is 2.74. The van der Waals surface area contributed by atoms with Crippen LogP contribution in [-0.4, -0.2) is 13.7 Å². The molecule has 1 aliphatic carbocycles. The average Bonchev–Trinajstić information content (AvgIpc) is 2.32. The van der Waals surface area contributed by atoms with Gasteiger partial charge in [-0.25, -0.2) is 8.42 Å². The molecule has 3 atom stereocenters. The molecule has 3 nitrogen and oxygen atoms in total. The highest BCUT2D eigenvalue weighted by Crippen LogP contribution is 2.37. The van der Waals surface area contributed by atoms with Gasteiger partial charge in [0.25, 0.3) is 0 Å². The first-order valence-electron chi connectivity index (χ1n) is 6.61. The third kappa shape index (κ3) is 2.97. The fourth-order valence-corrected chi connectivity index (χ4v) is 5.12. The van der Waals surface area contributed by atoms with Crippen molar-refractivity contribution in [3.05, 3.63) is 22.7 Å². The van der Waals surface area contributed by atoms with Crippen molar-refractivity contribution in [3.8, 4) is 0 Å². The first-order chi connectivity index (χ1) is 8.82. The lowest BCUT2D eigenvalue weighted by Crippen LogP contribution is -2.31. The van der Waals surface area contributed by atoms with Crippen LogP contribution in [0.5, 0.6) is 0 Å². The zero-order valence-corrected chi connectivity index (χ0v) is 13.7. The highest BCUT2D eigenvalue weighted by molar-refractivity contribution is 9.10. The topological polar surface area (TPSA) is 60.2 Å². The molecule has 0 aliphatic heterocycles. The molecule has 1 aromatic carbocycles. The number of sulfone groups is 1. The zero-order valence-electron chi connectivity index (χ0n) is 11.3. The first-order valence-corrected chi connectivity index (χ1v) is 8.95. The molecule has 0 radical (unpaired) electrons. The molecule has 3 unspecified atom stereocenters. The van der Waals surface area contributed by atoms with Gasteiger partial charge in [-0.2, -0.15) is 0 Å². The van der Waals surface area contributed by atoms with Gasteiger partial charge < -0.3 is 5.73 Å². The third-order valence-corrected chi connectivity index (χ3v) is 7.05. The van der Waals surface area contributed by atoms with Gasteiger partial charge in [0.1, 0.15) is 0 Å². The normalized spacial score (nSPS) is 28.3. The van der Waals surface area contributed by atoms with E-state index < -0.39 is 9.84 Å². The lowest BCUT2D eigenvalue weighted by Gasteiger charge is -2.31. The minimum Gasteiger partial charge on any atom is -0.398 e. The molecule has 0 bridgehead atoms. The molecule has 19 heavy (non-hydrogen) atoms. The molecule has 1 aromatic rings. The second kappa shape index (κ2) is 5.44. The van der Waals surface area contributed by atoms with Crippen LogP contribution in [0.4, 0.5) is 5.69 Å². The summed E-state index contributed by atoms with van der Waals surface area (Å²) in [7, 11) is -3.31. The van der Waals surface area contributed by atoms with Gasteiger partial charge in [-0.15, -0.1) is 0 Å². The first kappa shape index (κ1) is 14.9. The van der Waals surface area contributed by atoms with Gasteiger partial charge in [-0.3, -0.25) is 0 Å². The van der Waals surface area contributed by atoms with Crippen LogP contribution in [0.3, 0.4) is 0 Å². The van der Waals surface area contributed by atoms with Gasteiger partial charge in [0.15, 0.2) is 9.84 Å². The molecule has 1 aliphatic rings. The second-order valence-corrected chi connectivity index (χ2v) is 8.73. The van der Waals surface area contributed by atoms with Gasteiger partial charge in [0.05, 0.1) is 15.8 Å². The Balaban J connectivity index is 2.32. The molecule has 0 heterocycles. The Hall–Kier alpha value is -0.550. The fraction of sp³-hybridized carbons (Fsp3) is 0.571. The zero-order chi connectivity index (χ0) is 14.2. The number of hydrogen-bond acceptors (Lipinski definition) is 3. The van der Waals surface area contributed by atoms with Gasteiger partial charge in [-0.05, 0) is 49.3 Å². The van der Waals surface area contributed by atoms with E-state index in [-0.39, 0.29) is 10.1 Å². The second-order valence-electron chi connectivity index (χ2n) is 5.62. The monoisotopic (exact) mass is 345 g/mol. The van der Waals surface area contributed by atoms with E-state index in [4.69, 9.17) is 5.73 Å². The summed E-state index contributed by atoms with van der Waals surface area (Å²) in [5, 5.41) is -0.290. The van der Waals surface area contributed by atoms with E-state index in [2.05, 4.69) is 29.8 Å². The van der Waals surface area contributed by atoms with Crippen molar-refractivity contribution in [1.29, 1.82) is 0 Å². The molecular formula is C14H20BrNO2S. The molecule has 0 saturated heterocycles. The van der Waals surface area contributed by atoms with Crippen molar-refractivity contribution < 1.29 is 8.42 Å². The van der Waals surface area contributed by atoms with E-state index in [1.165, 1.54) is 0 Å². The van der Waals surface area contributed by atoms with Crippen LogP contribution < -0.4 is 5.73 Å². The quantitative estimate of drug-likeness (QED) is 0.832. The van der Waals surface area contributed by atoms with Gasteiger partial charge in [-0.1, -0.05) is 29.8 Å². The Kier molecular flexibility index (Phi) is 4.26. The Morgan fingerprint density at radius 3 is 2.47 bits per heavy atom. The van der Waals surface area contributed by atoms with Crippen LogP contribution >= 0.6 is 15.9 Å². The van der Waals surface area contributed by atoms with Crippen molar-refractivity contribution >= 4 is 31.5 Å². The van der Waals surface area contributed by atoms with Crippen molar-refractivity contribution in [3.63, 3.8) is 0 Å². The summed E-state index contributed by atoms with van der Waals surface area (Å²) >= 11 is 3.30. The van der Waals surface area contributed by atoms with Crippen molar-refractivity contribution in [1.82, 2.24) is 0 Å². The van der Waals surface area contributed by atoms with Crippen LogP contribution in [0, 0.1) is 11.8 Å². The summed E-state index contributed by atoms with van der Waals surface area (Å²) in [5.74, 6) is 1.05. The highest BCUT2D eigenvalue weighted by Gasteiger charge is 2.35. The highest BCUT2D eigenvalue weighted by atomic mass is 79.9. The van der Waals surface area contributed by atoms with Crippen LogP contribution in [0.2, 0.25) is 0 Å². The van der Waals surface area contributed by atoms with E-state index in [0.29, 0.717) is 17.5 Å². The predicted octanol–water partition coefficient (Wildman–Crippen LogP) is 3.63. The number of hydrogen-bond donors (Lipinski definition) is 1. The lowest BCUT2D eigenvalue weighted by molar-refractivity contribution is 0.278. The van der Waals surface area contributed by atoms with Gasteiger partial charge in [0, 0.05) is 4.47 Å². The van der Waals surface area contributed by atoms with Gasteiger partial charge >= 0.3 is 0 Å². The summed E-state index contributed by atoms with van der Waals surface area (Å²) in [4.78, 5) is 0.280. The maximum Gasteiger partial charge on any atom is 0.183 e. The molecule has 2 N–H and O–H groups in total. The largest absolute Gasteiger partial charge is 0.398 e. The lowest BCUT2D eigenvalue weighted by atomic mass is 9.81. The minimum atomic E-state index is -3.31. The van der Waals surface area contributed by atoms with Crippen LogP contribution in [0.25, 0.3) is 0 Å². The Bertz CT molecular complexity index is 571. The molecular weight excluding hydrogens is 326 g/mol. The van der Waals surface area contributed by atoms with E-state index in [1.807, 2.05) is 0 Å². The predicted molar refractivity (Wildman–Crippen MR) is 81.7 cm³/mol. The average molecular weight is 346 g/mol. The van der Waals surface area contributed by atoms with Crippen LogP contribution in [0.1, 0.15) is 33.1 Å². The molecule has 0 amide bonds. The summed E-state index contributed by atoms with van der Waals surface area (Å²) in [6.07, 6.45) is 2.45. The molecule has 2 rings (SSSR count). The van der Waals surface area contributed by atoms with E-state index in [9.17, 15) is 8.42 Å². The third-order valence-electron chi connectivity index (χ3n) is 4.27. The minimum absolute atomic E-state index is 0.280. The molecule has 1 fully saturated rings. The standard InChI is InChI=1S/C14H20BrNO2S/c1-9-3-5-12(7-10(9)2)19(17,18)14-6-4-11(15)8-13(14)16/h4,6,8-10,12H,3,5,7,16H2,1-2H3. The maximum absolute atomic E-state index is 12.7. The van der Waals surface area contributed by atoms with E-state index in [0.717, 1.165) is 23.7 Å². The number of rotatable bonds is 2. The van der Waals surface area contributed by atoms with E-state index in [1.54, 1.807) is 18.2 Å². The van der Waals surface area contributed by atoms with Crippen molar-refractivity contribution in [2.24, 2.45) is 11.8 Å². The maximum atomic E-state index is 12.7. The summed E-state index contributed by atoms with van der Waals surface area (Å²) in [6, 6.07) is 5.00. The number of nitrogen functional groups attached to an aromatic ring is 1. The number of benzene rings is 1. The van der Waals surface area contributed by atoms with Gasteiger partial charge in [0.2, 0.25) is 0 Å². The van der Waals surface area contributed by atoms with Crippen LogP contribution in [-0.2, 0) is 9.84 Å². The van der Waals surface area contributed by atoms with Crippen molar-refractivity contribution in [2.45, 2.75) is 43.3 Å². The number of anilines is 1. The Morgan fingerprint density at radius 2 is 1.89 bits per heavy atom. The summed E-state index contributed by atoms with van der Waals surface area (Å²) in [6.45, 7) is 4.33. The molecule has 0 aromatic heterocycles. The van der Waals surface area contributed by atoms with Crippen LogP contribution in [0.15, 0.2) is 27.6 Å². The van der Waals surface area contributed by atoms with Crippen molar-refractivity contribution in [2.75, 3.05) is 5.73 Å². The summed E-state index contributed by atoms with van der Waals surface area (Å²) < 4.78 is 26.2. The molecule has 5 heteroatoms. The summed E-state index contributed by atoms with van der Waals surface area (Å²) in [5.41, 5.74) is 6.20. The number of halogens is 1. The molecule has 1 saturated carbocycles. The smallest absolute Gasteiger partial charge is 0.183 e. The number of nitrogens with two attached hydrogens (primary N) is 1.